The van der Waals surface area contributed by atoms with E-state index in [1.807, 2.05) is 106 Å². The number of rotatable bonds is 9. The van der Waals surface area contributed by atoms with Crippen molar-refractivity contribution in [3.8, 4) is 10.6 Å². The summed E-state index contributed by atoms with van der Waals surface area (Å²) in [5.74, 6) is 0. The van der Waals surface area contributed by atoms with Crippen molar-refractivity contribution < 1.29 is 8.42 Å². The third-order valence-electron chi connectivity index (χ3n) is 6.71. The molecule has 0 spiro atoms. The summed E-state index contributed by atoms with van der Waals surface area (Å²) >= 11 is 7.68. The van der Waals surface area contributed by atoms with Gasteiger partial charge in [0.2, 0.25) is 0 Å². The van der Waals surface area contributed by atoms with Gasteiger partial charge in [-0.2, -0.15) is 0 Å². The molecule has 5 aromatic rings. The van der Waals surface area contributed by atoms with Crippen LogP contribution in [0.3, 0.4) is 0 Å². The lowest BCUT2D eigenvalue weighted by Gasteiger charge is -2.11. The molecule has 0 radical (unpaired) electrons. The van der Waals surface area contributed by atoms with E-state index in [9.17, 15) is 8.42 Å². The number of aryl methyl sites for hydroxylation is 4. The van der Waals surface area contributed by atoms with Crippen LogP contribution in [0, 0.1) is 33.1 Å². The highest BCUT2D eigenvalue weighted by molar-refractivity contribution is 7.86. The molecule has 0 saturated carbocycles. The molecule has 7 nitrogen and oxygen atoms in total. The van der Waals surface area contributed by atoms with E-state index in [0.29, 0.717) is 32.6 Å². The Morgan fingerprint density at radius 3 is 2.15 bits per heavy atom. The van der Waals surface area contributed by atoms with Crippen LogP contribution in [0.4, 0.5) is 11.4 Å². The van der Waals surface area contributed by atoms with Crippen molar-refractivity contribution in [1.82, 2.24) is 4.98 Å². The Kier molecular flexibility index (Phi) is 12.1. The highest BCUT2D eigenvalue weighted by atomic mass is 35.5. The summed E-state index contributed by atoms with van der Waals surface area (Å²) in [5.41, 5.74) is 13.6. The number of hydrogen-bond acceptors (Lipinski definition) is 6. The van der Waals surface area contributed by atoms with E-state index < -0.39 is 22.0 Å². The van der Waals surface area contributed by atoms with E-state index in [1.54, 1.807) is 36.6 Å². The quantitative estimate of drug-likeness (QED) is 0.116. The lowest BCUT2D eigenvalue weighted by Crippen LogP contribution is -2.08. The third-order valence-corrected chi connectivity index (χ3v) is 10.5. The van der Waals surface area contributed by atoms with E-state index >= 15 is 0 Å². The molecule has 4 aromatic carbocycles. The number of anilines is 2. The van der Waals surface area contributed by atoms with Crippen molar-refractivity contribution in [3.05, 3.63) is 135 Å². The second-order valence-electron chi connectivity index (χ2n) is 10.7. The molecule has 5 rings (SSSR count). The molecule has 1 aromatic heterocycles. The highest BCUT2D eigenvalue weighted by Gasteiger charge is 2.12. The number of nitrogens with one attached hydrogen (secondary N) is 3. The van der Waals surface area contributed by atoms with Gasteiger partial charge in [0.05, 0.1) is 15.5 Å². The first-order valence-corrected chi connectivity index (χ1v) is 17.8. The Bertz CT molecular complexity index is 1940. The number of halogens is 1. The number of thiazole rings is 1. The Hall–Kier alpha value is -4.09. The van der Waals surface area contributed by atoms with Gasteiger partial charge in [0.1, 0.15) is 5.01 Å². The summed E-state index contributed by atoms with van der Waals surface area (Å²) in [6, 6.07) is 24.7. The summed E-state index contributed by atoms with van der Waals surface area (Å²) in [7, 11) is -2.69. The monoisotopic (exact) mass is 689 g/mol. The van der Waals surface area contributed by atoms with Gasteiger partial charge in [-0.1, -0.05) is 48.0 Å². The van der Waals surface area contributed by atoms with Crippen LogP contribution in [-0.2, 0) is 22.0 Å². The standard InChI is InChI=1S/C18H20ClN3OS.C17H16N2OS2/c1-11-8-18(12(2)7-16(11)19)24(23)22-15-6-4-5-14(10-15)17(21)9-13(3)20;1-12-6-7-13(2)16(10-12)22(20)19-15-5-3-4-14(11-15)17-18-8-9-21-17/h4-10,21-22H,20H2,1-3H3;3-11,19H,1-2H3/b13-9-,21-17?;. The second kappa shape index (κ2) is 16.0. The maximum atomic E-state index is 12.6. The molecule has 0 aliphatic rings. The molecule has 0 saturated heterocycles. The van der Waals surface area contributed by atoms with Crippen molar-refractivity contribution in [2.45, 2.75) is 44.4 Å². The number of nitrogens with two attached hydrogens (primary N) is 1. The van der Waals surface area contributed by atoms with E-state index in [-0.39, 0.29) is 0 Å². The van der Waals surface area contributed by atoms with Crippen LogP contribution in [0.5, 0.6) is 0 Å². The Balaban J connectivity index is 0.000000209. The molecule has 2 atom stereocenters. The molecule has 2 unspecified atom stereocenters. The van der Waals surface area contributed by atoms with Crippen LogP contribution in [0.1, 0.15) is 34.7 Å². The van der Waals surface area contributed by atoms with Gasteiger partial charge in [-0.15, -0.1) is 11.3 Å². The maximum Gasteiger partial charge on any atom is 0.150 e. The zero-order chi connectivity index (χ0) is 33.4. The summed E-state index contributed by atoms with van der Waals surface area (Å²) in [6.45, 7) is 9.47. The van der Waals surface area contributed by atoms with Crippen molar-refractivity contribution in [3.63, 3.8) is 0 Å². The van der Waals surface area contributed by atoms with Crippen molar-refractivity contribution in [2.75, 3.05) is 9.44 Å². The minimum atomic E-state index is -1.42. The molecule has 1 heterocycles. The van der Waals surface area contributed by atoms with Crippen molar-refractivity contribution in [2.24, 2.45) is 5.73 Å². The SMILES string of the molecule is C/C(N)=C/C(=N)c1cccc(NS(=O)c2cc(C)c(Cl)cc2C)c1.Cc1ccc(C)c(S(=O)Nc2cccc(-c3nccs3)c2)c1. The van der Waals surface area contributed by atoms with Crippen LogP contribution < -0.4 is 15.2 Å². The Morgan fingerprint density at radius 2 is 1.50 bits per heavy atom. The molecule has 0 aliphatic carbocycles. The number of hydrogen-bond donors (Lipinski definition) is 4. The minimum absolute atomic E-state index is 0.308. The van der Waals surface area contributed by atoms with E-state index in [4.69, 9.17) is 22.7 Å². The number of benzene rings is 4. The highest BCUT2D eigenvalue weighted by Crippen LogP contribution is 2.26. The van der Waals surface area contributed by atoms with Gasteiger partial charge in [0, 0.05) is 44.8 Å². The molecule has 0 fully saturated rings. The van der Waals surface area contributed by atoms with Gasteiger partial charge in [0.25, 0.3) is 0 Å². The minimum Gasteiger partial charge on any atom is -0.402 e. The van der Waals surface area contributed by atoms with Crippen LogP contribution >= 0.6 is 22.9 Å². The van der Waals surface area contributed by atoms with Crippen LogP contribution in [-0.4, -0.2) is 19.1 Å². The van der Waals surface area contributed by atoms with Crippen LogP contribution in [0.15, 0.2) is 112 Å². The molecule has 238 valence electrons. The molecule has 0 amide bonds. The number of nitrogens with zero attached hydrogens (tertiary/aromatic N) is 1. The number of allylic oxidation sites excluding steroid dienone is 2. The van der Waals surface area contributed by atoms with Crippen LogP contribution in [0.2, 0.25) is 5.02 Å². The molecule has 0 bridgehead atoms. The number of aromatic nitrogens is 1. The first-order valence-electron chi connectivity index (χ1n) is 14.2. The normalized spacial score (nSPS) is 12.4. The largest absolute Gasteiger partial charge is 0.402 e. The molecule has 5 N–H and O–H groups in total. The molecule has 0 aliphatic heterocycles. The molecular formula is C35H36ClN5O2S3. The first kappa shape index (κ1) is 34.8. The van der Waals surface area contributed by atoms with E-state index in [2.05, 4.69) is 14.4 Å². The van der Waals surface area contributed by atoms with Gasteiger partial charge in [-0.25, -0.2) is 13.4 Å². The van der Waals surface area contributed by atoms with E-state index in [1.165, 1.54) is 0 Å². The Labute approximate surface area is 284 Å². The predicted octanol–water partition coefficient (Wildman–Crippen LogP) is 8.88. The predicted molar refractivity (Wildman–Crippen MR) is 196 cm³/mol. The van der Waals surface area contributed by atoms with Gasteiger partial charge < -0.3 is 20.6 Å². The average molecular weight is 690 g/mol. The average Bonchev–Trinajstić information content (AvgIpc) is 3.56. The fraction of sp³-hybridized carbons (Fsp3) is 0.143. The molecular weight excluding hydrogens is 654 g/mol. The second-order valence-corrected chi connectivity index (χ2v) is 14.3. The van der Waals surface area contributed by atoms with Gasteiger partial charge in [-0.05, 0) is 105 Å². The lowest BCUT2D eigenvalue weighted by molar-refractivity contribution is 0.685. The fourth-order valence-corrected chi connectivity index (χ4v) is 7.37. The fourth-order valence-electron chi connectivity index (χ4n) is 4.33. The summed E-state index contributed by atoms with van der Waals surface area (Å²) < 4.78 is 31.3. The topological polar surface area (TPSA) is 121 Å². The third kappa shape index (κ3) is 9.46. The zero-order valence-electron chi connectivity index (χ0n) is 26.2. The maximum absolute atomic E-state index is 12.6. The van der Waals surface area contributed by atoms with Crippen molar-refractivity contribution in [1.29, 1.82) is 5.41 Å². The summed E-state index contributed by atoms with van der Waals surface area (Å²) in [4.78, 5) is 5.81. The Morgan fingerprint density at radius 1 is 0.848 bits per heavy atom. The van der Waals surface area contributed by atoms with Crippen molar-refractivity contribution >= 4 is 62.0 Å². The van der Waals surface area contributed by atoms with Gasteiger partial charge in [-0.3, -0.25) is 0 Å². The smallest absolute Gasteiger partial charge is 0.150 e. The van der Waals surface area contributed by atoms with Gasteiger partial charge >= 0.3 is 0 Å². The zero-order valence-corrected chi connectivity index (χ0v) is 29.4. The summed E-state index contributed by atoms with van der Waals surface area (Å²) in [5, 5.41) is 11.6. The molecule has 46 heavy (non-hydrogen) atoms. The van der Waals surface area contributed by atoms with E-state index in [0.717, 1.165) is 43.4 Å². The van der Waals surface area contributed by atoms with Gasteiger partial charge in [0.15, 0.2) is 22.0 Å². The summed E-state index contributed by atoms with van der Waals surface area (Å²) in [6.07, 6.45) is 3.37. The first-order chi connectivity index (χ1) is 21.9. The molecule has 11 heteroatoms. The van der Waals surface area contributed by atoms with Crippen LogP contribution in [0.25, 0.3) is 10.6 Å². The lowest BCUT2D eigenvalue weighted by atomic mass is 10.1.